The lowest BCUT2D eigenvalue weighted by molar-refractivity contribution is -0.147. The van der Waals surface area contributed by atoms with Crippen LogP contribution >= 0.6 is 0 Å². The van der Waals surface area contributed by atoms with E-state index in [0.29, 0.717) is 0 Å². The highest BCUT2D eigenvalue weighted by molar-refractivity contribution is 5.87. The van der Waals surface area contributed by atoms with Crippen LogP contribution in [-0.4, -0.2) is 47.7 Å². The van der Waals surface area contributed by atoms with E-state index in [0.717, 1.165) is 5.56 Å². The van der Waals surface area contributed by atoms with E-state index in [-0.39, 0.29) is 19.6 Å². The minimum Gasteiger partial charge on any atom is -0.464 e. The molecule has 8 heteroatoms. The molecule has 0 fully saturated rings. The predicted octanol–water partition coefficient (Wildman–Crippen LogP) is 1.20. The molecule has 2 N–H and O–H groups in total. The van der Waals surface area contributed by atoms with Crippen LogP contribution in [0.4, 0.5) is 4.79 Å². The summed E-state index contributed by atoms with van der Waals surface area (Å²) in [5.41, 5.74) is 0.120. The van der Waals surface area contributed by atoms with Crippen LogP contribution in [0.5, 0.6) is 0 Å². The van der Waals surface area contributed by atoms with Crippen LogP contribution in [0.2, 0.25) is 0 Å². The molecule has 2 amide bonds. The fourth-order valence-electron chi connectivity index (χ4n) is 1.90. The fourth-order valence-corrected chi connectivity index (χ4v) is 1.90. The number of alkyl carbamates (subject to hydrolysis) is 1. The molecule has 0 saturated carbocycles. The first-order chi connectivity index (χ1) is 11.7. The maximum Gasteiger partial charge on any atom is 0.408 e. The Morgan fingerprint density at radius 2 is 2.00 bits per heavy atom. The molecule has 0 aliphatic heterocycles. The van der Waals surface area contributed by atoms with Gasteiger partial charge in [0.05, 0.1) is 6.61 Å². The molecule has 1 aromatic heterocycles. The second kappa shape index (κ2) is 9.61. The predicted molar refractivity (Wildman–Crippen MR) is 90.7 cm³/mol. The highest BCUT2D eigenvalue weighted by atomic mass is 16.6. The topological polar surface area (TPSA) is 107 Å². The Bertz CT molecular complexity index is 584. The van der Waals surface area contributed by atoms with Crippen molar-refractivity contribution in [1.82, 2.24) is 15.6 Å². The van der Waals surface area contributed by atoms with Crippen LogP contribution in [0.1, 0.15) is 33.3 Å². The third-order valence-corrected chi connectivity index (χ3v) is 2.86. The Kier molecular flexibility index (Phi) is 7.84. The van der Waals surface area contributed by atoms with Gasteiger partial charge in [-0.3, -0.25) is 9.78 Å². The summed E-state index contributed by atoms with van der Waals surface area (Å²) in [6, 6.07) is 2.67. The molecule has 1 rings (SSSR count). The lowest BCUT2D eigenvalue weighted by Gasteiger charge is -2.20. The number of nitrogens with zero attached hydrogens (tertiary/aromatic N) is 1. The molecule has 0 aromatic carbocycles. The molecule has 1 heterocycles. The van der Waals surface area contributed by atoms with Crippen molar-refractivity contribution in [3.05, 3.63) is 30.1 Å². The Morgan fingerprint density at radius 3 is 2.56 bits per heavy atom. The number of rotatable bonds is 7. The molecule has 0 radical (unpaired) electrons. The van der Waals surface area contributed by atoms with Gasteiger partial charge in [0.1, 0.15) is 18.2 Å². The molecule has 138 valence electrons. The number of hydrogen-bond acceptors (Lipinski definition) is 6. The third kappa shape index (κ3) is 8.69. The van der Waals surface area contributed by atoms with Crippen LogP contribution in [0, 0.1) is 0 Å². The van der Waals surface area contributed by atoms with Gasteiger partial charge in [-0.05, 0) is 39.3 Å². The zero-order valence-electron chi connectivity index (χ0n) is 15.0. The highest BCUT2D eigenvalue weighted by Crippen LogP contribution is 2.06. The molecule has 1 atom stereocenters. The maximum atomic E-state index is 12.0. The molecule has 0 bridgehead atoms. The van der Waals surface area contributed by atoms with E-state index in [2.05, 4.69) is 15.6 Å². The van der Waals surface area contributed by atoms with Crippen molar-refractivity contribution < 1.29 is 23.9 Å². The summed E-state index contributed by atoms with van der Waals surface area (Å²) in [6.45, 7) is 6.74. The Labute approximate surface area is 147 Å². The Balaban J connectivity index is 2.59. The molecule has 0 aliphatic carbocycles. The van der Waals surface area contributed by atoms with Crippen molar-refractivity contribution in [3.63, 3.8) is 0 Å². The molecule has 25 heavy (non-hydrogen) atoms. The Hall–Kier alpha value is -2.64. The second-order valence-corrected chi connectivity index (χ2v) is 6.29. The molecule has 1 aromatic rings. The number of hydrogen-bond donors (Lipinski definition) is 2. The van der Waals surface area contributed by atoms with Gasteiger partial charge in [-0.25, -0.2) is 9.59 Å². The van der Waals surface area contributed by atoms with E-state index in [9.17, 15) is 14.4 Å². The summed E-state index contributed by atoms with van der Waals surface area (Å²) in [4.78, 5) is 39.6. The second-order valence-electron chi connectivity index (χ2n) is 6.29. The van der Waals surface area contributed by atoms with Gasteiger partial charge in [-0.15, -0.1) is 0 Å². The summed E-state index contributed by atoms with van der Waals surface area (Å²) in [6.07, 6.45) is 2.76. The SMILES string of the molecule is CCOC(=O)C(Cc1cccnc1)NC(=O)CNC(=O)OC(C)(C)C. The standard InChI is InChI=1S/C17H25N3O5/c1-5-24-15(22)13(9-12-7-6-8-18-10-12)20-14(21)11-19-16(23)25-17(2,3)4/h6-8,10,13H,5,9,11H2,1-4H3,(H,19,23)(H,20,21). The Morgan fingerprint density at radius 1 is 1.28 bits per heavy atom. The van der Waals surface area contributed by atoms with E-state index >= 15 is 0 Å². The van der Waals surface area contributed by atoms with Gasteiger partial charge in [0.25, 0.3) is 0 Å². The minimum atomic E-state index is -0.864. The van der Waals surface area contributed by atoms with E-state index in [1.807, 2.05) is 0 Å². The van der Waals surface area contributed by atoms with Gasteiger partial charge >= 0.3 is 12.1 Å². The number of pyridine rings is 1. The molecule has 0 aliphatic rings. The van der Waals surface area contributed by atoms with E-state index in [1.54, 1.807) is 52.2 Å². The van der Waals surface area contributed by atoms with Crippen molar-refractivity contribution in [2.75, 3.05) is 13.2 Å². The van der Waals surface area contributed by atoms with Gasteiger partial charge in [-0.2, -0.15) is 0 Å². The summed E-state index contributed by atoms with van der Waals surface area (Å²) < 4.78 is 10.0. The molecular formula is C17H25N3O5. The van der Waals surface area contributed by atoms with Crippen molar-refractivity contribution >= 4 is 18.0 Å². The van der Waals surface area contributed by atoms with Gasteiger partial charge < -0.3 is 20.1 Å². The fraction of sp³-hybridized carbons (Fsp3) is 0.529. The number of ether oxygens (including phenoxy) is 2. The minimum absolute atomic E-state index is 0.203. The van der Waals surface area contributed by atoms with Crippen LogP contribution in [0.25, 0.3) is 0 Å². The van der Waals surface area contributed by atoms with Crippen LogP contribution in [-0.2, 0) is 25.5 Å². The van der Waals surface area contributed by atoms with Gasteiger partial charge in [0.2, 0.25) is 5.91 Å². The third-order valence-electron chi connectivity index (χ3n) is 2.86. The highest BCUT2D eigenvalue weighted by Gasteiger charge is 2.23. The zero-order chi connectivity index (χ0) is 18.9. The van der Waals surface area contributed by atoms with Crippen molar-refractivity contribution in [1.29, 1.82) is 0 Å². The molecule has 8 nitrogen and oxygen atoms in total. The average Bonchev–Trinajstić information content (AvgIpc) is 2.52. The van der Waals surface area contributed by atoms with Gasteiger partial charge in [0, 0.05) is 18.8 Å². The molecule has 0 saturated heterocycles. The first-order valence-electron chi connectivity index (χ1n) is 8.03. The average molecular weight is 351 g/mol. The number of esters is 1. The quantitative estimate of drug-likeness (QED) is 0.715. The number of carbonyl (C=O) groups excluding carboxylic acids is 3. The largest absolute Gasteiger partial charge is 0.464 e. The van der Waals surface area contributed by atoms with E-state index in [1.165, 1.54) is 0 Å². The van der Waals surface area contributed by atoms with Crippen LogP contribution in [0.15, 0.2) is 24.5 Å². The lowest BCUT2D eigenvalue weighted by Crippen LogP contribution is -2.47. The number of carbonyl (C=O) groups is 3. The van der Waals surface area contributed by atoms with Crippen LogP contribution < -0.4 is 10.6 Å². The normalized spacial score (nSPS) is 12.0. The van der Waals surface area contributed by atoms with Crippen LogP contribution in [0.3, 0.4) is 0 Å². The first-order valence-corrected chi connectivity index (χ1v) is 8.03. The summed E-state index contributed by atoms with van der Waals surface area (Å²) in [7, 11) is 0. The van der Waals surface area contributed by atoms with Gasteiger partial charge in [-0.1, -0.05) is 6.07 Å². The maximum absolute atomic E-state index is 12.0. The van der Waals surface area contributed by atoms with E-state index < -0.39 is 29.6 Å². The molecule has 0 spiro atoms. The van der Waals surface area contributed by atoms with Gasteiger partial charge in [0.15, 0.2) is 0 Å². The lowest BCUT2D eigenvalue weighted by atomic mass is 10.1. The molecular weight excluding hydrogens is 326 g/mol. The number of amides is 2. The number of nitrogens with one attached hydrogen (secondary N) is 2. The smallest absolute Gasteiger partial charge is 0.408 e. The number of aromatic nitrogens is 1. The summed E-state index contributed by atoms with van der Waals surface area (Å²) >= 11 is 0. The monoisotopic (exact) mass is 351 g/mol. The zero-order valence-corrected chi connectivity index (χ0v) is 15.0. The molecule has 1 unspecified atom stereocenters. The summed E-state index contributed by atoms with van der Waals surface area (Å²) in [5.74, 6) is -1.07. The van der Waals surface area contributed by atoms with E-state index in [4.69, 9.17) is 9.47 Å². The van der Waals surface area contributed by atoms with Crippen molar-refractivity contribution in [2.24, 2.45) is 0 Å². The first kappa shape index (κ1) is 20.4. The summed E-state index contributed by atoms with van der Waals surface area (Å²) in [5, 5.41) is 4.90. The van der Waals surface area contributed by atoms with Crippen molar-refractivity contribution in [2.45, 2.75) is 45.8 Å². The van der Waals surface area contributed by atoms with Crippen molar-refractivity contribution in [3.8, 4) is 0 Å².